The Labute approximate surface area is 277 Å². The summed E-state index contributed by atoms with van der Waals surface area (Å²) in [5, 5.41) is 12.7. The van der Waals surface area contributed by atoms with Crippen LogP contribution in [0.25, 0.3) is 5.69 Å². The Hall–Kier alpha value is -4.57. The first-order chi connectivity index (χ1) is 22.7. The lowest BCUT2D eigenvalue weighted by Gasteiger charge is -2.39. The van der Waals surface area contributed by atoms with Crippen LogP contribution in [-0.4, -0.2) is 61.6 Å². The highest BCUT2D eigenvalue weighted by Crippen LogP contribution is 2.31. The molecule has 7 nitrogen and oxygen atoms in total. The van der Waals surface area contributed by atoms with Gasteiger partial charge in [-0.05, 0) is 28.8 Å². The van der Waals surface area contributed by atoms with Crippen LogP contribution < -0.4 is 0 Å². The second-order valence-corrected chi connectivity index (χ2v) is 13.1. The molecule has 0 aliphatic carbocycles. The minimum Gasteiger partial charge on any atom is -0.335 e. The van der Waals surface area contributed by atoms with Gasteiger partial charge in [-0.15, -0.1) is 21.5 Å². The van der Waals surface area contributed by atoms with Crippen LogP contribution in [-0.2, 0) is 12.2 Å². The first-order valence-corrected chi connectivity index (χ1v) is 17.3. The van der Waals surface area contributed by atoms with E-state index in [0.717, 1.165) is 34.8 Å². The molecule has 0 radical (unpaired) electrons. The van der Waals surface area contributed by atoms with E-state index in [2.05, 4.69) is 105 Å². The van der Waals surface area contributed by atoms with Gasteiger partial charge in [0.05, 0.1) is 11.8 Å². The maximum absolute atomic E-state index is 13.5. The number of piperazine rings is 1. The molecule has 1 aliphatic rings. The van der Waals surface area contributed by atoms with Crippen LogP contribution >= 0.6 is 23.1 Å². The molecule has 9 heteroatoms. The van der Waals surface area contributed by atoms with Gasteiger partial charge in [0.15, 0.2) is 5.16 Å². The van der Waals surface area contributed by atoms with E-state index < -0.39 is 0 Å². The minimum absolute atomic E-state index is 0.000668. The molecular weight excluding hydrogens is 609 g/mol. The Morgan fingerprint density at radius 3 is 1.96 bits per heavy atom. The molecule has 3 heterocycles. The van der Waals surface area contributed by atoms with Crippen molar-refractivity contribution < 1.29 is 4.79 Å². The molecule has 0 unspecified atom stereocenters. The van der Waals surface area contributed by atoms with Crippen LogP contribution in [0, 0.1) is 0 Å². The monoisotopic (exact) mass is 642 g/mol. The van der Waals surface area contributed by atoms with Crippen LogP contribution in [0.5, 0.6) is 0 Å². The van der Waals surface area contributed by atoms with Crippen molar-refractivity contribution in [2.45, 2.75) is 23.4 Å². The standard InChI is InChI=1S/C37H34N6OS2/c44-36(42-23-21-41(22-24-42)35(29-15-7-2-8-16-29)30-17-9-3-10-18-30)32-26-45-34(38-32)27-46-37-40-39-33(25-28-13-5-1-6-14-28)43(37)31-19-11-4-12-20-31/h1-20,26,35H,21-25,27H2. The summed E-state index contributed by atoms with van der Waals surface area (Å²) >= 11 is 3.12. The molecule has 7 rings (SSSR count). The van der Waals surface area contributed by atoms with Crippen molar-refractivity contribution in [1.29, 1.82) is 0 Å². The quantitative estimate of drug-likeness (QED) is 0.148. The third kappa shape index (κ3) is 6.82. The number of aromatic nitrogens is 4. The largest absolute Gasteiger partial charge is 0.335 e. The molecule has 1 amide bonds. The second-order valence-electron chi connectivity index (χ2n) is 11.2. The van der Waals surface area contributed by atoms with E-state index in [1.807, 2.05) is 46.7 Å². The highest BCUT2D eigenvalue weighted by Gasteiger charge is 2.29. The smallest absolute Gasteiger partial charge is 0.273 e. The summed E-state index contributed by atoms with van der Waals surface area (Å²) in [5.74, 6) is 1.49. The first kappa shape index (κ1) is 30.1. The molecule has 1 saturated heterocycles. The fourth-order valence-electron chi connectivity index (χ4n) is 5.95. The number of carbonyl (C=O) groups excluding carboxylic acids is 1. The number of amides is 1. The second kappa shape index (κ2) is 14.2. The number of benzene rings is 4. The van der Waals surface area contributed by atoms with Gasteiger partial charge in [-0.2, -0.15) is 0 Å². The summed E-state index contributed by atoms with van der Waals surface area (Å²) in [6.07, 6.45) is 0.684. The van der Waals surface area contributed by atoms with E-state index >= 15 is 0 Å². The summed E-state index contributed by atoms with van der Waals surface area (Å²) in [6.45, 7) is 2.93. The highest BCUT2D eigenvalue weighted by molar-refractivity contribution is 7.98. The summed E-state index contributed by atoms with van der Waals surface area (Å²) in [7, 11) is 0. The van der Waals surface area contributed by atoms with Gasteiger partial charge >= 0.3 is 0 Å². The van der Waals surface area contributed by atoms with Crippen molar-refractivity contribution in [2.24, 2.45) is 0 Å². The summed E-state index contributed by atoms with van der Waals surface area (Å²) in [6, 6.07) is 41.9. The molecule has 4 aromatic carbocycles. The molecule has 0 N–H and O–H groups in total. The van der Waals surface area contributed by atoms with Gasteiger partial charge in [0, 0.05) is 43.7 Å². The van der Waals surface area contributed by atoms with E-state index in [-0.39, 0.29) is 11.9 Å². The zero-order chi connectivity index (χ0) is 31.1. The highest BCUT2D eigenvalue weighted by atomic mass is 32.2. The van der Waals surface area contributed by atoms with Gasteiger partial charge in [-0.3, -0.25) is 14.3 Å². The maximum Gasteiger partial charge on any atom is 0.273 e. The average molecular weight is 643 g/mol. The lowest BCUT2D eigenvalue weighted by atomic mass is 9.96. The van der Waals surface area contributed by atoms with Crippen LogP contribution in [0.4, 0.5) is 0 Å². The van der Waals surface area contributed by atoms with Crippen LogP contribution in [0.2, 0.25) is 0 Å². The van der Waals surface area contributed by atoms with E-state index in [1.54, 1.807) is 11.8 Å². The molecular formula is C37H34N6OS2. The van der Waals surface area contributed by atoms with Gasteiger partial charge in [0.25, 0.3) is 5.91 Å². The lowest BCUT2D eigenvalue weighted by molar-refractivity contribution is 0.0592. The van der Waals surface area contributed by atoms with E-state index in [9.17, 15) is 4.79 Å². The number of rotatable bonds is 10. The number of hydrogen-bond acceptors (Lipinski definition) is 7. The fraction of sp³-hybridized carbons (Fsp3) is 0.189. The summed E-state index contributed by atoms with van der Waals surface area (Å²) in [4.78, 5) is 22.7. The Balaban J connectivity index is 1.01. The van der Waals surface area contributed by atoms with E-state index in [0.29, 0.717) is 31.0 Å². The average Bonchev–Trinajstić information content (AvgIpc) is 3.76. The summed E-state index contributed by atoms with van der Waals surface area (Å²) < 4.78 is 2.12. The molecule has 46 heavy (non-hydrogen) atoms. The van der Waals surface area contributed by atoms with Gasteiger partial charge < -0.3 is 4.90 Å². The molecule has 0 atom stereocenters. The molecule has 1 fully saturated rings. The fourth-order valence-corrected chi connectivity index (χ4v) is 7.71. The Bertz CT molecular complexity index is 1810. The maximum atomic E-state index is 13.5. The van der Waals surface area contributed by atoms with Crippen molar-refractivity contribution in [3.05, 3.63) is 160 Å². The summed E-state index contributed by atoms with van der Waals surface area (Å²) in [5.41, 5.74) is 5.27. The van der Waals surface area contributed by atoms with E-state index in [4.69, 9.17) is 4.98 Å². The van der Waals surface area contributed by atoms with E-state index in [1.165, 1.54) is 28.0 Å². The van der Waals surface area contributed by atoms with Gasteiger partial charge in [0.2, 0.25) is 0 Å². The lowest BCUT2D eigenvalue weighted by Crippen LogP contribution is -2.50. The van der Waals surface area contributed by atoms with Crippen LogP contribution in [0.1, 0.15) is 44.1 Å². The van der Waals surface area contributed by atoms with Crippen molar-refractivity contribution >= 4 is 29.0 Å². The van der Waals surface area contributed by atoms with Gasteiger partial charge in [-0.25, -0.2) is 4.98 Å². The minimum atomic E-state index is 0.000668. The van der Waals surface area contributed by atoms with Crippen LogP contribution in [0.3, 0.4) is 0 Å². The molecule has 2 aromatic heterocycles. The zero-order valence-electron chi connectivity index (χ0n) is 25.4. The number of nitrogens with zero attached hydrogens (tertiary/aromatic N) is 6. The first-order valence-electron chi connectivity index (χ1n) is 15.5. The predicted molar refractivity (Wildman–Crippen MR) is 184 cm³/mol. The Morgan fingerprint density at radius 2 is 1.33 bits per heavy atom. The van der Waals surface area contributed by atoms with Gasteiger partial charge in [0.1, 0.15) is 16.5 Å². The Morgan fingerprint density at radius 1 is 0.739 bits per heavy atom. The number of hydrogen-bond donors (Lipinski definition) is 0. The number of carbonyl (C=O) groups is 1. The number of thioether (sulfide) groups is 1. The van der Waals surface area contributed by atoms with Crippen molar-refractivity contribution in [3.63, 3.8) is 0 Å². The zero-order valence-corrected chi connectivity index (χ0v) is 27.0. The molecule has 0 spiro atoms. The van der Waals surface area contributed by atoms with Crippen molar-refractivity contribution in [2.75, 3.05) is 26.2 Å². The number of thiazole rings is 1. The third-order valence-electron chi connectivity index (χ3n) is 8.21. The molecule has 1 aliphatic heterocycles. The molecule has 6 aromatic rings. The predicted octanol–water partition coefficient (Wildman–Crippen LogP) is 7.15. The van der Waals surface area contributed by atoms with Crippen molar-refractivity contribution in [1.82, 2.24) is 29.5 Å². The Kier molecular flexibility index (Phi) is 9.32. The SMILES string of the molecule is O=C(c1csc(CSc2nnc(Cc3ccccc3)n2-c2ccccc2)n1)N1CCN(C(c2ccccc2)c2ccccc2)CC1. The number of para-hydroxylation sites is 1. The normalized spacial score (nSPS) is 13.7. The molecule has 230 valence electrons. The van der Waals surface area contributed by atoms with Crippen LogP contribution in [0.15, 0.2) is 132 Å². The van der Waals surface area contributed by atoms with Gasteiger partial charge in [-0.1, -0.05) is 121 Å². The topological polar surface area (TPSA) is 67.2 Å². The molecule has 0 bridgehead atoms. The van der Waals surface area contributed by atoms with Crippen molar-refractivity contribution in [3.8, 4) is 5.69 Å². The molecule has 0 saturated carbocycles. The third-order valence-corrected chi connectivity index (χ3v) is 10.2.